The molecule has 0 heterocycles. The summed E-state index contributed by atoms with van der Waals surface area (Å²) in [6.07, 6.45) is 8.87. The number of nitrogens with two attached hydrogens (primary N) is 1. The summed E-state index contributed by atoms with van der Waals surface area (Å²) < 4.78 is 5.89. The second kappa shape index (κ2) is 5.03. The standard InChI is InChI=1S/C13H26N2O/c1-10-6-8-13(16-2,9-7-10)12(15-14)11-4-3-5-11/h10-12,15H,3-9,14H2,1-2H3. The highest BCUT2D eigenvalue weighted by Crippen LogP contribution is 2.43. The van der Waals surface area contributed by atoms with Crippen molar-refractivity contribution in [1.82, 2.24) is 5.43 Å². The van der Waals surface area contributed by atoms with Crippen LogP contribution >= 0.6 is 0 Å². The highest BCUT2D eigenvalue weighted by molar-refractivity contribution is 5.00. The molecule has 0 radical (unpaired) electrons. The maximum atomic E-state index is 5.89. The molecule has 2 aliphatic rings. The van der Waals surface area contributed by atoms with E-state index in [9.17, 15) is 0 Å². The van der Waals surface area contributed by atoms with Crippen molar-refractivity contribution in [2.24, 2.45) is 17.7 Å². The maximum absolute atomic E-state index is 5.89. The predicted octanol–water partition coefficient (Wildman–Crippen LogP) is 2.21. The monoisotopic (exact) mass is 226 g/mol. The molecular weight excluding hydrogens is 200 g/mol. The summed E-state index contributed by atoms with van der Waals surface area (Å²) in [6.45, 7) is 2.34. The summed E-state index contributed by atoms with van der Waals surface area (Å²) >= 11 is 0. The molecule has 2 rings (SSSR count). The van der Waals surface area contributed by atoms with E-state index in [1.807, 2.05) is 7.11 Å². The number of hydrogen-bond acceptors (Lipinski definition) is 3. The minimum absolute atomic E-state index is 0.00630. The lowest BCUT2D eigenvalue weighted by molar-refractivity contribution is -0.0966. The minimum Gasteiger partial charge on any atom is -0.377 e. The van der Waals surface area contributed by atoms with Crippen LogP contribution in [0.5, 0.6) is 0 Å². The van der Waals surface area contributed by atoms with Gasteiger partial charge in [0.2, 0.25) is 0 Å². The summed E-state index contributed by atoms with van der Waals surface area (Å²) in [5.74, 6) is 7.36. The Balaban J connectivity index is 2.05. The lowest BCUT2D eigenvalue weighted by Gasteiger charge is -2.48. The molecule has 0 aromatic heterocycles. The molecule has 94 valence electrons. The number of methoxy groups -OCH3 is 1. The van der Waals surface area contributed by atoms with Gasteiger partial charge in [0.15, 0.2) is 0 Å². The van der Waals surface area contributed by atoms with Crippen LogP contribution in [0, 0.1) is 11.8 Å². The van der Waals surface area contributed by atoms with Crippen LogP contribution in [0.4, 0.5) is 0 Å². The Bertz CT molecular complexity index is 220. The van der Waals surface area contributed by atoms with E-state index in [-0.39, 0.29) is 5.60 Å². The first-order valence-corrected chi connectivity index (χ1v) is 6.73. The van der Waals surface area contributed by atoms with Gasteiger partial charge in [0, 0.05) is 7.11 Å². The minimum atomic E-state index is 0.00630. The molecule has 1 atom stereocenters. The summed E-state index contributed by atoms with van der Waals surface area (Å²) in [6, 6.07) is 0.360. The fourth-order valence-electron chi connectivity index (χ4n) is 3.38. The highest BCUT2D eigenvalue weighted by atomic mass is 16.5. The van der Waals surface area contributed by atoms with Gasteiger partial charge in [0.05, 0.1) is 11.6 Å². The smallest absolute Gasteiger partial charge is 0.0847 e. The first-order chi connectivity index (χ1) is 7.72. The van der Waals surface area contributed by atoms with Crippen LogP contribution in [0.2, 0.25) is 0 Å². The molecule has 0 bridgehead atoms. The van der Waals surface area contributed by atoms with Crippen LogP contribution < -0.4 is 11.3 Å². The van der Waals surface area contributed by atoms with Crippen LogP contribution in [0.1, 0.15) is 51.9 Å². The number of hydrazine groups is 1. The molecule has 0 aromatic rings. The second-order valence-electron chi connectivity index (χ2n) is 5.79. The SMILES string of the molecule is COC1(C(NN)C2CCC2)CCC(C)CC1. The lowest BCUT2D eigenvalue weighted by Crippen LogP contribution is -2.60. The van der Waals surface area contributed by atoms with E-state index in [4.69, 9.17) is 10.6 Å². The topological polar surface area (TPSA) is 47.3 Å². The Kier molecular flexibility index (Phi) is 3.88. The molecule has 1 unspecified atom stereocenters. The van der Waals surface area contributed by atoms with Gasteiger partial charge in [-0.15, -0.1) is 0 Å². The van der Waals surface area contributed by atoms with Crippen molar-refractivity contribution in [3.8, 4) is 0 Å². The molecule has 0 amide bonds. The third-order valence-electron chi connectivity index (χ3n) is 4.89. The van der Waals surface area contributed by atoms with Gasteiger partial charge in [-0.2, -0.15) is 0 Å². The molecular formula is C13H26N2O. The number of nitrogens with one attached hydrogen (secondary N) is 1. The normalized spacial score (nSPS) is 38.1. The van der Waals surface area contributed by atoms with Gasteiger partial charge in [0.1, 0.15) is 0 Å². The molecule has 3 N–H and O–H groups in total. The molecule has 0 saturated heterocycles. The molecule has 0 aromatic carbocycles. The molecule has 16 heavy (non-hydrogen) atoms. The largest absolute Gasteiger partial charge is 0.377 e. The van der Waals surface area contributed by atoms with Gasteiger partial charge in [-0.05, 0) is 50.4 Å². The van der Waals surface area contributed by atoms with Gasteiger partial charge in [-0.3, -0.25) is 11.3 Å². The molecule has 2 fully saturated rings. The summed E-state index contributed by atoms with van der Waals surface area (Å²) in [5.41, 5.74) is 3.06. The average Bonchev–Trinajstić information content (AvgIpc) is 2.25. The van der Waals surface area contributed by atoms with Crippen molar-refractivity contribution in [1.29, 1.82) is 0 Å². The van der Waals surface area contributed by atoms with Gasteiger partial charge in [-0.25, -0.2) is 0 Å². The summed E-state index contributed by atoms with van der Waals surface area (Å²) in [7, 11) is 1.86. The van der Waals surface area contributed by atoms with Crippen LogP contribution in [0.15, 0.2) is 0 Å². The second-order valence-corrected chi connectivity index (χ2v) is 5.79. The van der Waals surface area contributed by atoms with Gasteiger partial charge >= 0.3 is 0 Å². The molecule has 2 saturated carbocycles. The summed E-state index contributed by atoms with van der Waals surface area (Å²) in [4.78, 5) is 0. The first-order valence-electron chi connectivity index (χ1n) is 6.73. The van der Waals surface area contributed by atoms with E-state index in [0.29, 0.717) is 6.04 Å². The zero-order valence-corrected chi connectivity index (χ0v) is 10.7. The molecule has 0 aliphatic heterocycles. The molecule has 0 spiro atoms. The average molecular weight is 226 g/mol. The Hall–Kier alpha value is -0.120. The predicted molar refractivity (Wildman–Crippen MR) is 65.8 cm³/mol. The van der Waals surface area contributed by atoms with E-state index in [0.717, 1.165) is 24.7 Å². The van der Waals surface area contributed by atoms with Crippen molar-refractivity contribution in [2.75, 3.05) is 7.11 Å². The molecule has 2 aliphatic carbocycles. The lowest BCUT2D eigenvalue weighted by atomic mass is 9.67. The van der Waals surface area contributed by atoms with E-state index < -0.39 is 0 Å². The van der Waals surface area contributed by atoms with Crippen LogP contribution in [-0.4, -0.2) is 18.8 Å². The van der Waals surface area contributed by atoms with E-state index in [1.165, 1.54) is 32.1 Å². The van der Waals surface area contributed by atoms with Crippen LogP contribution in [-0.2, 0) is 4.74 Å². The fraction of sp³-hybridized carbons (Fsp3) is 1.00. The Morgan fingerprint density at radius 1 is 1.25 bits per heavy atom. The highest BCUT2D eigenvalue weighted by Gasteiger charge is 2.45. The molecule has 3 heteroatoms. The first kappa shape index (κ1) is 12.3. The van der Waals surface area contributed by atoms with Gasteiger partial charge in [-0.1, -0.05) is 13.3 Å². The van der Waals surface area contributed by atoms with Crippen LogP contribution in [0.25, 0.3) is 0 Å². The van der Waals surface area contributed by atoms with E-state index in [1.54, 1.807) is 0 Å². The Morgan fingerprint density at radius 2 is 1.88 bits per heavy atom. The zero-order valence-electron chi connectivity index (χ0n) is 10.7. The van der Waals surface area contributed by atoms with Crippen molar-refractivity contribution < 1.29 is 4.74 Å². The van der Waals surface area contributed by atoms with Crippen molar-refractivity contribution >= 4 is 0 Å². The summed E-state index contributed by atoms with van der Waals surface area (Å²) in [5, 5.41) is 0. The van der Waals surface area contributed by atoms with Crippen LogP contribution in [0.3, 0.4) is 0 Å². The zero-order chi connectivity index (χ0) is 11.6. The van der Waals surface area contributed by atoms with Crippen molar-refractivity contribution in [3.63, 3.8) is 0 Å². The maximum Gasteiger partial charge on any atom is 0.0847 e. The third-order valence-corrected chi connectivity index (χ3v) is 4.89. The molecule has 3 nitrogen and oxygen atoms in total. The number of hydrogen-bond donors (Lipinski definition) is 2. The van der Waals surface area contributed by atoms with Crippen molar-refractivity contribution in [3.05, 3.63) is 0 Å². The van der Waals surface area contributed by atoms with Gasteiger partial charge < -0.3 is 4.74 Å². The third kappa shape index (κ3) is 2.13. The number of rotatable bonds is 4. The van der Waals surface area contributed by atoms with Crippen molar-refractivity contribution in [2.45, 2.75) is 63.5 Å². The van der Waals surface area contributed by atoms with Gasteiger partial charge in [0.25, 0.3) is 0 Å². The Labute approximate surface area is 99.1 Å². The quantitative estimate of drug-likeness (QED) is 0.571. The van der Waals surface area contributed by atoms with E-state index in [2.05, 4.69) is 12.3 Å². The fourth-order valence-corrected chi connectivity index (χ4v) is 3.38. The Morgan fingerprint density at radius 3 is 2.25 bits per heavy atom. The van der Waals surface area contributed by atoms with E-state index >= 15 is 0 Å². The number of ether oxygens (including phenoxy) is 1.